The summed E-state index contributed by atoms with van der Waals surface area (Å²) in [5.74, 6) is -1.82. The monoisotopic (exact) mass is 501 g/mol. The zero-order valence-electron chi connectivity index (χ0n) is 18.6. The maximum Gasteiger partial charge on any atom is 0.405 e. The highest BCUT2D eigenvalue weighted by Gasteiger charge is 2.52. The fraction of sp³-hybridized carbons (Fsp3) is 0.364. The average molecular weight is 502 g/mol. The Morgan fingerprint density at radius 3 is 2.47 bits per heavy atom. The number of hydrogen-bond acceptors (Lipinski definition) is 5. The number of methoxy groups -OCH3 is 1. The summed E-state index contributed by atoms with van der Waals surface area (Å²) in [5, 5.41) is 6.75. The number of guanidine groups is 1. The van der Waals surface area contributed by atoms with Gasteiger partial charge in [0.1, 0.15) is 23.8 Å². The van der Waals surface area contributed by atoms with Crippen LogP contribution in [0, 0.1) is 11.7 Å². The van der Waals surface area contributed by atoms with Crippen molar-refractivity contribution in [3.8, 4) is 5.75 Å². The van der Waals surface area contributed by atoms with Crippen LogP contribution >= 0.6 is 11.6 Å². The number of carbonyl (C=O) groups excluding carboxylic acids is 1. The number of hydrogen-bond donors (Lipinski definition) is 3. The quantitative estimate of drug-likeness (QED) is 0.321. The molecule has 1 fully saturated rings. The molecule has 0 radical (unpaired) electrons. The first-order valence-electron chi connectivity index (χ1n) is 10.4. The van der Waals surface area contributed by atoms with Gasteiger partial charge in [-0.1, -0.05) is 25.4 Å². The lowest BCUT2D eigenvalue weighted by atomic mass is 10.0. The molecule has 1 aliphatic rings. The zero-order valence-corrected chi connectivity index (χ0v) is 19.3. The molecule has 34 heavy (non-hydrogen) atoms. The van der Waals surface area contributed by atoms with Crippen LogP contribution in [-0.2, 0) is 0 Å². The molecule has 3 atom stereocenters. The summed E-state index contributed by atoms with van der Waals surface area (Å²) in [6.45, 7) is 3.31. The van der Waals surface area contributed by atoms with Crippen LogP contribution < -0.4 is 20.8 Å². The normalized spacial score (nSPS) is 21.4. The summed E-state index contributed by atoms with van der Waals surface area (Å²) >= 11 is 5.91. The maximum absolute atomic E-state index is 13.8. The minimum absolute atomic E-state index is 0.0894. The van der Waals surface area contributed by atoms with Gasteiger partial charge in [0.25, 0.3) is 5.91 Å². The Kier molecular flexibility index (Phi) is 8.01. The summed E-state index contributed by atoms with van der Waals surface area (Å²) in [6, 6.07) is 7.99. The maximum atomic E-state index is 13.8. The number of aliphatic imine (C=N–C) groups is 1. The van der Waals surface area contributed by atoms with Crippen LogP contribution in [0.15, 0.2) is 47.5 Å². The van der Waals surface area contributed by atoms with Crippen molar-refractivity contribution in [2.45, 2.75) is 32.2 Å². The molecule has 3 rings (SSSR count). The van der Waals surface area contributed by atoms with Gasteiger partial charge in [-0.15, -0.1) is 0 Å². The molecule has 1 aliphatic heterocycles. The second-order valence-corrected chi connectivity index (χ2v) is 8.09. The van der Waals surface area contributed by atoms with E-state index in [1.54, 1.807) is 19.1 Å². The van der Waals surface area contributed by atoms with Crippen molar-refractivity contribution in [3.05, 3.63) is 58.9 Å². The Balaban J connectivity index is 1.94. The van der Waals surface area contributed by atoms with Crippen LogP contribution in [0.4, 0.5) is 23.2 Å². The molecule has 2 aromatic rings. The minimum Gasteiger partial charge on any atom is -0.497 e. The molecule has 0 aromatic heterocycles. The Bertz CT molecular complexity index is 1030. The summed E-state index contributed by atoms with van der Waals surface area (Å²) in [5.41, 5.74) is 2.85. The Morgan fingerprint density at radius 2 is 1.91 bits per heavy atom. The zero-order chi connectivity index (χ0) is 25.0. The first-order chi connectivity index (χ1) is 16.0. The SMILES string of the molecule is CCN1NC(C(F)(F)F)C(C)C1N=C(NC(=O)c1ccc(OC)cc1)Nc1cc(F)cc(Cl)c1. The van der Waals surface area contributed by atoms with Gasteiger partial charge in [0.05, 0.1) is 7.11 Å². The molecular weight excluding hydrogens is 478 g/mol. The number of anilines is 1. The number of carbonyl (C=O) groups is 1. The third kappa shape index (κ3) is 6.16. The molecule has 3 N–H and O–H groups in total. The fourth-order valence-electron chi connectivity index (χ4n) is 3.58. The number of alkyl halides is 3. The number of ether oxygens (including phenoxy) is 1. The van der Waals surface area contributed by atoms with E-state index in [-0.39, 0.29) is 28.8 Å². The molecule has 1 heterocycles. The molecule has 1 saturated heterocycles. The molecular formula is C22H24ClF4N5O2. The highest BCUT2D eigenvalue weighted by Crippen LogP contribution is 2.34. The van der Waals surface area contributed by atoms with Crippen LogP contribution in [0.2, 0.25) is 5.02 Å². The molecule has 0 saturated carbocycles. The van der Waals surface area contributed by atoms with Gasteiger partial charge in [-0.3, -0.25) is 10.1 Å². The highest BCUT2D eigenvalue weighted by atomic mass is 35.5. The number of hydrazine groups is 1. The molecule has 184 valence electrons. The lowest BCUT2D eigenvalue weighted by molar-refractivity contribution is -0.163. The van der Waals surface area contributed by atoms with Crippen molar-refractivity contribution < 1.29 is 27.1 Å². The van der Waals surface area contributed by atoms with E-state index < -0.39 is 36.0 Å². The standard InChI is InChI=1S/C22H24ClF4N5O2/c1-4-32-19(12(2)18(31-32)22(25,26)27)29-21(28-16-10-14(23)9-15(24)11-16)30-20(33)13-5-7-17(34-3)8-6-13/h5-12,18-19,31H,4H2,1-3H3,(H2,28,29,30,33). The highest BCUT2D eigenvalue weighted by molar-refractivity contribution is 6.31. The topological polar surface area (TPSA) is 78.0 Å². The Labute approximate surface area is 199 Å². The third-order valence-electron chi connectivity index (χ3n) is 5.28. The lowest BCUT2D eigenvalue weighted by Crippen LogP contribution is -2.45. The first-order valence-corrected chi connectivity index (χ1v) is 10.8. The van der Waals surface area contributed by atoms with Crippen molar-refractivity contribution in [1.82, 2.24) is 15.8 Å². The van der Waals surface area contributed by atoms with Gasteiger partial charge in [0, 0.05) is 28.7 Å². The number of halogens is 5. The molecule has 12 heteroatoms. The minimum atomic E-state index is -4.49. The van der Waals surface area contributed by atoms with Crippen LogP contribution in [0.5, 0.6) is 5.75 Å². The van der Waals surface area contributed by atoms with E-state index in [4.69, 9.17) is 16.3 Å². The molecule has 0 aliphatic carbocycles. The van der Waals surface area contributed by atoms with E-state index in [1.165, 1.54) is 37.2 Å². The number of rotatable bonds is 5. The predicted molar refractivity (Wildman–Crippen MR) is 121 cm³/mol. The predicted octanol–water partition coefficient (Wildman–Crippen LogP) is 4.42. The van der Waals surface area contributed by atoms with Gasteiger partial charge in [-0.2, -0.15) is 13.2 Å². The third-order valence-corrected chi connectivity index (χ3v) is 5.50. The van der Waals surface area contributed by atoms with Crippen molar-refractivity contribution in [3.63, 3.8) is 0 Å². The molecule has 2 aromatic carbocycles. The smallest absolute Gasteiger partial charge is 0.405 e. The van der Waals surface area contributed by atoms with Crippen LogP contribution in [0.3, 0.4) is 0 Å². The van der Waals surface area contributed by atoms with E-state index in [2.05, 4.69) is 21.1 Å². The lowest BCUT2D eigenvalue weighted by Gasteiger charge is -2.22. The number of amides is 1. The van der Waals surface area contributed by atoms with Gasteiger partial charge in [0.2, 0.25) is 5.96 Å². The van der Waals surface area contributed by atoms with Gasteiger partial charge in [-0.25, -0.2) is 19.8 Å². The van der Waals surface area contributed by atoms with Gasteiger partial charge >= 0.3 is 6.18 Å². The van der Waals surface area contributed by atoms with Crippen LogP contribution in [-0.4, -0.2) is 48.9 Å². The molecule has 3 unspecified atom stereocenters. The average Bonchev–Trinajstić information content (AvgIpc) is 3.08. The largest absolute Gasteiger partial charge is 0.497 e. The van der Waals surface area contributed by atoms with E-state index in [9.17, 15) is 22.4 Å². The fourth-order valence-corrected chi connectivity index (χ4v) is 3.80. The Hall–Kier alpha value is -2.89. The van der Waals surface area contributed by atoms with E-state index in [0.29, 0.717) is 5.75 Å². The molecule has 7 nitrogen and oxygen atoms in total. The molecule has 0 spiro atoms. The molecule has 0 bridgehead atoms. The van der Waals surface area contributed by atoms with Gasteiger partial charge < -0.3 is 10.1 Å². The van der Waals surface area contributed by atoms with Crippen molar-refractivity contribution in [2.75, 3.05) is 19.0 Å². The summed E-state index contributed by atoms with van der Waals surface area (Å²) in [7, 11) is 1.48. The molecule has 1 amide bonds. The van der Waals surface area contributed by atoms with Crippen LogP contribution in [0.25, 0.3) is 0 Å². The second-order valence-electron chi connectivity index (χ2n) is 7.65. The first kappa shape index (κ1) is 25.7. The van der Waals surface area contributed by atoms with E-state index in [1.807, 2.05) is 0 Å². The van der Waals surface area contributed by atoms with Crippen molar-refractivity contribution in [2.24, 2.45) is 10.9 Å². The van der Waals surface area contributed by atoms with E-state index in [0.717, 1.165) is 12.1 Å². The number of nitrogens with one attached hydrogen (secondary N) is 3. The van der Waals surface area contributed by atoms with Crippen molar-refractivity contribution in [1.29, 1.82) is 0 Å². The number of nitrogens with zero attached hydrogens (tertiary/aromatic N) is 2. The summed E-state index contributed by atoms with van der Waals surface area (Å²) in [4.78, 5) is 17.2. The summed E-state index contributed by atoms with van der Waals surface area (Å²) in [6.07, 6.45) is -5.47. The summed E-state index contributed by atoms with van der Waals surface area (Å²) < 4.78 is 59.3. The number of benzene rings is 2. The van der Waals surface area contributed by atoms with Gasteiger partial charge in [0.15, 0.2) is 0 Å². The van der Waals surface area contributed by atoms with Gasteiger partial charge in [-0.05, 0) is 42.5 Å². The Morgan fingerprint density at radius 1 is 1.24 bits per heavy atom. The van der Waals surface area contributed by atoms with Crippen molar-refractivity contribution >= 4 is 29.2 Å². The van der Waals surface area contributed by atoms with E-state index >= 15 is 0 Å². The van der Waals surface area contributed by atoms with Crippen LogP contribution in [0.1, 0.15) is 24.2 Å². The second kappa shape index (κ2) is 10.6.